The van der Waals surface area contributed by atoms with E-state index < -0.39 is 0 Å². The van der Waals surface area contributed by atoms with Gasteiger partial charge in [-0.05, 0) is 46.5 Å². The molecular weight excluding hydrogens is 238 g/mol. The predicted octanol–water partition coefficient (Wildman–Crippen LogP) is 2.43. The van der Waals surface area contributed by atoms with Crippen molar-refractivity contribution in [1.82, 2.24) is 5.32 Å². The Morgan fingerprint density at radius 2 is 1.95 bits per heavy atom. The highest BCUT2D eigenvalue weighted by Gasteiger charge is 2.50. The van der Waals surface area contributed by atoms with E-state index in [0.29, 0.717) is 12.0 Å². The van der Waals surface area contributed by atoms with Gasteiger partial charge in [-0.15, -0.1) is 0 Å². The minimum Gasteiger partial charge on any atom is -0.372 e. The lowest BCUT2D eigenvalue weighted by Gasteiger charge is -2.51. The number of nitrogens with one attached hydrogen (secondary N) is 1. The van der Waals surface area contributed by atoms with Crippen molar-refractivity contribution in [2.45, 2.75) is 84.1 Å². The fourth-order valence-corrected chi connectivity index (χ4v) is 2.68. The highest BCUT2D eigenvalue weighted by Crippen LogP contribution is 2.46. The van der Waals surface area contributed by atoms with Gasteiger partial charge >= 0.3 is 0 Å². The Morgan fingerprint density at radius 3 is 2.37 bits per heavy atom. The summed E-state index contributed by atoms with van der Waals surface area (Å²) in [4.78, 5) is 4.64. The van der Waals surface area contributed by atoms with E-state index in [-0.39, 0.29) is 23.2 Å². The van der Waals surface area contributed by atoms with Crippen molar-refractivity contribution in [1.29, 1.82) is 0 Å². The van der Waals surface area contributed by atoms with Gasteiger partial charge in [-0.25, -0.2) is 4.99 Å². The van der Waals surface area contributed by atoms with Crippen molar-refractivity contribution < 1.29 is 4.74 Å². The average molecular weight is 267 g/mol. The molecule has 0 spiro atoms. The third-order valence-corrected chi connectivity index (χ3v) is 4.37. The van der Waals surface area contributed by atoms with E-state index in [1.165, 1.54) is 19.3 Å². The number of ether oxygens (including phenoxy) is 1. The second-order valence-electron chi connectivity index (χ2n) is 7.58. The predicted molar refractivity (Wildman–Crippen MR) is 79.2 cm³/mol. The highest BCUT2D eigenvalue weighted by atomic mass is 16.5. The average Bonchev–Trinajstić information content (AvgIpc) is 2.20. The summed E-state index contributed by atoms with van der Waals surface area (Å²) >= 11 is 0. The molecule has 2 fully saturated rings. The van der Waals surface area contributed by atoms with Gasteiger partial charge in [-0.3, -0.25) is 0 Å². The van der Waals surface area contributed by atoms with Gasteiger partial charge in [0.15, 0.2) is 5.96 Å². The fourth-order valence-electron chi connectivity index (χ4n) is 2.68. The Balaban J connectivity index is 1.87. The molecule has 0 radical (unpaired) electrons. The van der Waals surface area contributed by atoms with Gasteiger partial charge in [0.25, 0.3) is 0 Å². The number of aliphatic imine (C=N–C) groups is 1. The van der Waals surface area contributed by atoms with E-state index in [2.05, 4.69) is 44.9 Å². The monoisotopic (exact) mass is 267 g/mol. The summed E-state index contributed by atoms with van der Waals surface area (Å²) in [7, 11) is 0. The number of hydrogen-bond acceptors (Lipinski definition) is 2. The lowest BCUT2D eigenvalue weighted by molar-refractivity contribution is -0.165. The van der Waals surface area contributed by atoms with E-state index in [9.17, 15) is 0 Å². The zero-order valence-corrected chi connectivity index (χ0v) is 13.0. The van der Waals surface area contributed by atoms with Gasteiger partial charge in [0.05, 0.1) is 17.7 Å². The number of nitrogens with two attached hydrogens (primary N) is 1. The van der Waals surface area contributed by atoms with Crippen LogP contribution in [0.1, 0.15) is 60.3 Å². The fraction of sp³-hybridized carbons (Fsp3) is 0.933. The zero-order chi connectivity index (χ0) is 14.3. The molecule has 0 heterocycles. The normalized spacial score (nSPS) is 31.5. The van der Waals surface area contributed by atoms with Crippen LogP contribution in [0, 0.1) is 5.41 Å². The molecule has 0 bridgehead atoms. The van der Waals surface area contributed by atoms with E-state index >= 15 is 0 Å². The Kier molecular flexibility index (Phi) is 3.83. The van der Waals surface area contributed by atoms with E-state index in [0.717, 1.165) is 6.42 Å². The molecule has 4 heteroatoms. The van der Waals surface area contributed by atoms with Crippen molar-refractivity contribution >= 4 is 5.96 Å². The Morgan fingerprint density at radius 1 is 1.32 bits per heavy atom. The quantitative estimate of drug-likeness (QED) is 0.610. The summed E-state index contributed by atoms with van der Waals surface area (Å²) in [6.07, 6.45) is 5.00. The van der Waals surface area contributed by atoms with E-state index in [1.807, 2.05) is 0 Å². The molecule has 0 unspecified atom stereocenters. The molecule has 0 aromatic carbocycles. The standard InChI is InChI=1S/C15H29N3O/c1-14(2,3)19-12-9-11(15(12,4)5)18-13(16)17-10-7-6-8-10/h10-12H,6-9H2,1-5H3,(H3,16,17,18)/t11-,12+/m0/s1. The first-order valence-corrected chi connectivity index (χ1v) is 7.46. The second kappa shape index (κ2) is 4.97. The lowest BCUT2D eigenvalue weighted by Crippen LogP contribution is -2.57. The molecule has 110 valence electrons. The Hall–Kier alpha value is -0.770. The largest absolute Gasteiger partial charge is 0.372 e. The topological polar surface area (TPSA) is 59.6 Å². The van der Waals surface area contributed by atoms with E-state index in [1.54, 1.807) is 0 Å². The van der Waals surface area contributed by atoms with Gasteiger partial charge in [0.1, 0.15) is 0 Å². The van der Waals surface area contributed by atoms with Crippen LogP contribution in [-0.4, -0.2) is 29.7 Å². The molecule has 0 amide bonds. The summed E-state index contributed by atoms with van der Waals surface area (Å²) in [5.41, 5.74) is 5.96. The number of rotatable bonds is 3. The van der Waals surface area contributed by atoms with Crippen LogP contribution in [0.15, 0.2) is 4.99 Å². The van der Waals surface area contributed by atoms with Gasteiger partial charge < -0.3 is 15.8 Å². The first kappa shape index (κ1) is 14.6. The molecule has 4 nitrogen and oxygen atoms in total. The Bertz CT molecular complexity index is 353. The molecule has 2 aliphatic rings. The van der Waals surface area contributed by atoms with Crippen molar-refractivity contribution in [3.8, 4) is 0 Å². The summed E-state index contributed by atoms with van der Waals surface area (Å²) in [6.45, 7) is 10.7. The first-order valence-electron chi connectivity index (χ1n) is 7.46. The van der Waals surface area contributed by atoms with Crippen LogP contribution in [0.5, 0.6) is 0 Å². The summed E-state index contributed by atoms with van der Waals surface area (Å²) < 4.78 is 6.08. The van der Waals surface area contributed by atoms with Crippen molar-refractivity contribution in [3.63, 3.8) is 0 Å². The van der Waals surface area contributed by atoms with Gasteiger partial charge in [-0.2, -0.15) is 0 Å². The molecule has 2 aliphatic carbocycles. The smallest absolute Gasteiger partial charge is 0.189 e. The third kappa shape index (κ3) is 3.41. The molecule has 2 rings (SSSR count). The molecule has 2 atom stereocenters. The third-order valence-electron chi connectivity index (χ3n) is 4.37. The molecule has 0 saturated heterocycles. The van der Waals surface area contributed by atoms with E-state index in [4.69, 9.17) is 10.5 Å². The maximum atomic E-state index is 6.08. The molecule has 2 saturated carbocycles. The van der Waals surface area contributed by atoms with Crippen LogP contribution >= 0.6 is 0 Å². The van der Waals surface area contributed by atoms with Crippen LogP contribution < -0.4 is 11.1 Å². The van der Waals surface area contributed by atoms with Gasteiger partial charge in [-0.1, -0.05) is 13.8 Å². The Labute approximate surface area is 117 Å². The summed E-state index contributed by atoms with van der Waals surface area (Å²) in [6, 6.07) is 0.820. The second-order valence-corrected chi connectivity index (χ2v) is 7.58. The molecule has 0 aromatic heterocycles. The number of hydrogen-bond donors (Lipinski definition) is 2. The lowest BCUT2D eigenvalue weighted by atomic mass is 9.64. The van der Waals surface area contributed by atoms with Crippen LogP contribution in [0.2, 0.25) is 0 Å². The SMILES string of the molecule is CC(C)(C)O[C@@H]1C[C@H](N=C(N)NC2CCC2)C1(C)C. The van der Waals surface area contributed by atoms with Crippen LogP contribution in [0.4, 0.5) is 0 Å². The molecule has 3 N–H and O–H groups in total. The first-order chi connectivity index (χ1) is 8.68. The number of guanidine groups is 1. The molecular formula is C15H29N3O. The maximum Gasteiger partial charge on any atom is 0.189 e. The van der Waals surface area contributed by atoms with Crippen LogP contribution in [-0.2, 0) is 4.74 Å². The van der Waals surface area contributed by atoms with Crippen LogP contribution in [0.25, 0.3) is 0 Å². The van der Waals surface area contributed by atoms with Crippen LogP contribution in [0.3, 0.4) is 0 Å². The minimum atomic E-state index is -0.0909. The summed E-state index contributed by atoms with van der Waals surface area (Å²) in [5.74, 6) is 0.608. The van der Waals surface area contributed by atoms with Crippen molar-refractivity contribution in [3.05, 3.63) is 0 Å². The molecule has 0 aromatic rings. The van der Waals surface area contributed by atoms with Gasteiger partial charge in [0.2, 0.25) is 0 Å². The molecule has 0 aliphatic heterocycles. The van der Waals surface area contributed by atoms with Gasteiger partial charge in [0, 0.05) is 11.5 Å². The van der Waals surface area contributed by atoms with Crippen molar-refractivity contribution in [2.75, 3.05) is 0 Å². The highest BCUT2D eigenvalue weighted by molar-refractivity contribution is 5.78. The number of nitrogens with zero attached hydrogens (tertiary/aromatic N) is 1. The molecule has 19 heavy (non-hydrogen) atoms. The maximum absolute atomic E-state index is 6.08. The minimum absolute atomic E-state index is 0.0686. The van der Waals surface area contributed by atoms with Crippen molar-refractivity contribution in [2.24, 2.45) is 16.1 Å². The summed E-state index contributed by atoms with van der Waals surface area (Å²) in [5, 5.41) is 3.30. The zero-order valence-electron chi connectivity index (χ0n) is 13.0.